The van der Waals surface area contributed by atoms with E-state index in [-0.39, 0.29) is 12.1 Å². The Balaban J connectivity index is 1.62. The van der Waals surface area contributed by atoms with E-state index in [9.17, 15) is 4.79 Å². The van der Waals surface area contributed by atoms with Crippen molar-refractivity contribution >= 4 is 11.7 Å². The van der Waals surface area contributed by atoms with Crippen LogP contribution in [0, 0.1) is 0 Å². The Kier molecular flexibility index (Phi) is 6.17. The van der Waals surface area contributed by atoms with Gasteiger partial charge in [0, 0.05) is 5.69 Å². The van der Waals surface area contributed by atoms with Gasteiger partial charge in [0.2, 0.25) is 0 Å². The minimum atomic E-state index is -0.269. The molecule has 0 fully saturated rings. The van der Waals surface area contributed by atoms with Gasteiger partial charge in [0.25, 0.3) is 0 Å². The van der Waals surface area contributed by atoms with Gasteiger partial charge in [0.1, 0.15) is 0 Å². The fraction of sp³-hybridized carbons (Fsp3) is 0.174. The van der Waals surface area contributed by atoms with Crippen LogP contribution in [0.25, 0.3) is 11.1 Å². The molecule has 3 rings (SSSR count). The van der Waals surface area contributed by atoms with Gasteiger partial charge in [-0.05, 0) is 47.9 Å². The largest absolute Gasteiger partial charge is 0.493 e. The Hall–Kier alpha value is -3.47. The first-order chi connectivity index (χ1) is 13.6. The molecule has 5 nitrogen and oxygen atoms in total. The summed E-state index contributed by atoms with van der Waals surface area (Å²) in [5, 5.41) is 5.80. The van der Waals surface area contributed by atoms with Crippen molar-refractivity contribution in [2.45, 2.75) is 13.0 Å². The van der Waals surface area contributed by atoms with Crippen LogP contribution in [0.4, 0.5) is 10.5 Å². The molecule has 3 aromatic carbocycles. The van der Waals surface area contributed by atoms with Crippen molar-refractivity contribution < 1.29 is 14.3 Å². The first-order valence-electron chi connectivity index (χ1n) is 9.05. The summed E-state index contributed by atoms with van der Waals surface area (Å²) in [5.74, 6) is 1.28. The third-order valence-corrected chi connectivity index (χ3v) is 4.51. The molecule has 0 aliphatic rings. The summed E-state index contributed by atoms with van der Waals surface area (Å²) in [4.78, 5) is 12.4. The zero-order valence-corrected chi connectivity index (χ0v) is 16.2. The molecule has 2 N–H and O–H groups in total. The van der Waals surface area contributed by atoms with Crippen molar-refractivity contribution in [3.05, 3.63) is 78.4 Å². The zero-order valence-electron chi connectivity index (χ0n) is 16.2. The van der Waals surface area contributed by atoms with Crippen LogP contribution < -0.4 is 20.1 Å². The Morgan fingerprint density at radius 1 is 0.821 bits per heavy atom. The number of carbonyl (C=O) groups excluding carboxylic acids is 1. The number of nitrogens with one attached hydrogen (secondary N) is 2. The molecular weight excluding hydrogens is 352 g/mol. The van der Waals surface area contributed by atoms with Crippen LogP contribution in [-0.2, 0) is 0 Å². The molecule has 0 aromatic heterocycles. The maximum absolute atomic E-state index is 12.4. The van der Waals surface area contributed by atoms with Crippen LogP contribution in [-0.4, -0.2) is 20.3 Å². The predicted octanol–water partition coefficient (Wildman–Crippen LogP) is 5.25. The minimum absolute atomic E-state index is 0.191. The number of ether oxygens (including phenoxy) is 2. The van der Waals surface area contributed by atoms with E-state index in [1.165, 1.54) is 0 Å². The van der Waals surface area contributed by atoms with Crippen LogP contribution in [0.2, 0.25) is 0 Å². The van der Waals surface area contributed by atoms with Crippen LogP contribution in [0.3, 0.4) is 0 Å². The quantitative estimate of drug-likeness (QED) is 0.617. The lowest BCUT2D eigenvalue weighted by Crippen LogP contribution is -2.31. The summed E-state index contributed by atoms with van der Waals surface area (Å²) < 4.78 is 10.6. The predicted molar refractivity (Wildman–Crippen MR) is 112 cm³/mol. The number of benzene rings is 3. The third kappa shape index (κ3) is 4.62. The van der Waals surface area contributed by atoms with Gasteiger partial charge in [0.15, 0.2) is 11.5 Å². The summed E-state index contributed by atoms with van der Waals surface area (Å²) >= 11 is 0. The normalized spacial score (nSPS) is 11.4. The Labute approximate surface area is 165 Å². The number of amides is 2. The summed E-state index contributed by atoms with van der Waals surface area (Å²) in [6, 6.07) is 23.0. The highest BCUT2D eigenvalue weighted by molar-refractivity contribution is 5.89. The highest BCUT2D eigenvalue weighted by atomic mass is 16.5. The molecule has 28 heavy (non-hydrogen) atoms. The summed E-state index contributed by atoms with van der Waals surface area (Å²) in [7, 11) is 3.18. The fourth-order valence-electron chi connectivity index (χ4n) is 2.95. The number of rotatable bonds is 6. The highest BCUT2D eigenvalue weighted by Crippen LogP contribution is 2.30. The number of hydrogen-bond acceptors (Lipinski definition) is 3. The molecule has 0 heterocycles. The topological polar surface area (TPSA) is 59.6 Å². The standard InChI is InChI=1S/C23H24N2O3/c1-16(19-11-14-21(27-2)22(15-19)28-3)24-23(26)25-20-12-9-18(10-13-20)17-7-5-4-6-8-17/h4-16H,1-3H3,(H2,24,25,26). The summed E-state index contributed by atoms with van der Waals surface area (Å²) in [6.07, 6.45) is 0. The van der Waals surface area contributed by atoms with Crippen LogP contribution in [0.1, 0.15) is 18.5 Å². The number of hydrogen-bond donors (Lipinski definition) is 2. The summed E-state index contributed by atoms with van der Waals surface area (Å²) in [5.41, 5.74) is 3.90. The average molecular weight is 376 g/mol. The second-order valence-electron chi connectivity index (χ2n) is 6.38. The van der Waals surface area contributed by atoms with E-state index in [0.29, 0.717) is 11.5 Å². The SMILES string of the molecule is COc1ccc(C(C)NC(=O)Nc2ccc(-c3ccccc3)cc2)cc1OC. The van der Waals surface area contributed by atoms with Crippen molar-refractivity contribution in [2.75, 3.05) is 19.5 Å². The van der Waals surface area contributed by atoms with E-state index >= 15 is 0 Å². The van der Waals surface area contributed by atoms with Gasteiger partial charge in [-0.25, -0.2) is 4.79 Å². The van der Waals surface area contributed by atoms with Gasteiger partial charge in [-0.3, -0.25) is 0 Å². The second-order valence-corrected chi connectivity index (χ2v) is 6.38. The first-order valence-corrected chi connectivity index (χ1v) is 9.05. The molecule has 0 aliphatic heterocycles. The molecule has 0 aliphatic carbocycles. The lowest BCUT2D eigenvalue weighted by Gasteiger charge is -2.17. The molecule has 144 valence electrons. The maximum Gasteiger partial charge on any atom is 0.319 e. The van der Waals surface area contributed by atoms with Gasteiger partial charge >= 0.3 is 6.03 Å². The van der Waals surface area contributed by atoms with Gasteiger partial charge in [-0.1, -0.05) is 48.5 Å². The molecule has 1 unspecified atom stereocenters. The van der Waals surface area contributed by atoms with E-state index in [1.54, 1.807) is 14.2 Å². The number of anilines is 1. The van der Waals surface area contributed by atoms with Crippen molar-refractivity contribution in [3.63, 3.8) is 0 Å². The van der Waals surface area contributed by atoms with Gasteiger partial charge in [0.05, 0.1) is 20.3 Å². The molecule has 3 aromatic rings. The number of methoxy groups -OCH3 is 2. The molecule has 2 amide bonds. The molecule has 5 heteroatoms. The van der Waals surface area contributed by atoms with Gasteiger partial charge < -0.3 is 20.1 Å². The lowest BCUT2D eigenvalue weighted by molar-refractivity contribution is 0.249. The Bertz CT molecular complexity index is 924. The summed E-state index contributed by atoms with van der Waals surface area (Å²) in [6.45, 7) is 1.92. The molecule has 0 radical (unpaired) electrons. The average Bonchev–Trinajstić information content (AvgIpc) is 2.74. The first kappa shape index (κ1) is 19.3. The van der Waals surface area contributed by atoms with E-state index in [1.807, 2.05) is 67.6 Å². The monoisotopic (exact) mass is 376 g/mol. The van der Waals surface area contributed by atoms with Crippen LogP contribution in [0.15, 0.2) is 72.8 Å². The molecule has 0 saturated heterocycles. The van der Waals surface area contributed by atoms with E-state index in [0.717, 1.165) is 22.4 Å². The molecule has 0 bridgehead atoms. The zero-order chi connectivity index (χ0) is 19.9. The lowest BCUT2D eigenvalue weighted by atomic mass is 10.1. The van der Waals surface area contributed by atoms with Crippen LogP contribution >= 0.6 is 0 Å². The van der Waals surface area contributed by atoms with E-state index in [2.05, 4.69) is 22.8 Å². The molecule has 1 atom stereocenters. The van der Waals surface area contributed by atoms with Gasteiger partial charge in [-0.15, -0.1) is 0 Å². The number of carbonyl (C=O) groups is 1. The second kappa shape index (κ2) is 8.95. The third-order valence-electron chi connectivity index (χ3n) is 4.51. The van der Waals surface area contributed by atoms with Crippen molar-refractivity contribution in [3.8, 4) is 22.6 Å². The van der Waals surface area contributed by atoms with Crippen molar-refractivity contribution in [1.82, 2.24) is 5.32 Å². The van der Waals surface area contributed by atoms with Gasteiger partial charge in [-0.2, -0.15) is 0 Å². The number of urea groups is 1. The van der Waals surface area contributed by atoms with E-state index in [4.69, 9.17) is 9.47 Å². The smallest absolute Gasteiger partial charge is 0.319 e. The fourth-order valence-corrected chi connectivity index (χ4v) is 2.95. The van der Waals surface area contributed by atoms with Crippen LogP contribution in [0.5, 0.6) is 11.5 Å². The minimum Gasteiger partial charge on any atom is -0.493 e. The Morgan fingerprint density at radius 2 is 1.46 bits per heavy atom. The van der Waals surface area contributed by atoms with Crippen molar-refractivity contribution in [2.24, 2.45) is 0 Å². The Morgan fingerprint density at radius 3 is 2.11 bits per heavy atom. The molecule has 0 saturated carbocycles. The maximum atomic E-state index is 12.4. The molecule has 0 spiro atoms. The van der Waals surface area contributed by atoms with Crippen molar-refractivity contribution in [1.29, 1.82) is 0 Å². The molecular formula is C23H24N2O3. The highest BCUT2D eigenvalue weighted by Gasteiger charge is 2.13. The van der Waals surface area contributed by atoms with E-state index < -0.39 is 0 Å².